The van der Waals surface area contributed by atoms with E-state index in [-0.39, 0.29) is 5.91 Å². The second-order valence-corrected chi connectivity index (χ2v) is 6.56. The molecule has 0 radical (unpaired) electrons. The van der Waals surface area contributed by atoms with Crippen molar-refractivity contribution in [1.29, 1.82) is 0 Å². The van der Waals surface area contributed by atoms with Crippen LogP contribution in [0.1, 0.15) is 23.1 Å². The summed E-state index contributed by atoms with van der Waals surface area (Å²) in [6.07, 6.45) is 1.80. The van der Waals surface area contributed by atoms with E-state index in [0.29, 0.717) is 12.1 Å². The van der Waals surface area contributed by atoms with Crippen molar-refractivity contribution in [3.05, 3.63) is 65.7 Å². The molecule has 0 saturated heterocycles. The second-order valence-electron chi connectivity index (χ2n) is 6.56. The number of carbonyl (C=O) groups is 1. The van der Waals surface area contributed by atoms with Crippen LogP contribution < -0.4 is 5.32 Å². The standard InChI is InChI=1S/C21H24N2O/c1-15(21(24)22-12-7-13-23(2)3)17-10-6-11-19-18-9-5-4-8-16(18)14-20(17)19/h4-6,8-11H,1,7,12-14H2,2-3H3,(H,22,24). The van der Waals surface area contributed by atoms with Gasteiger partial charge in [-0.2, -0.15) is 0 Å². The average Bonchev–Trinajstić information content (AvgIpc) is 2.96. The van der Waals surface area contributed by atoms with Crippen LogP contribution in [0.15, 0.2) is 49.0 Å². The molecule has 0 unspecified atom stereocenters. The van der Waals surface area contributed by atoms with Gasteiger partial charge in [0.25, 0.3) is 5.91 Å². The third-order valence-electron chi connectivity index (χ3n) is 4.52. The van der Waals surface area contributed by atoms with Crippen LogP contribution in [0.3, 0.4) is 0 Å². The summed E-state index contributed by atoms with van der Waals surface area (Å²) in [6.45, 7) is 5.69. The lowest BCUT2D eigenvalue weighted by Gasteiger charge is -2.13. The highest BCUT2D eigenvalue weighted by Gasteiger charge is 2.23. The molecule has 0 aromatic heterocycles. The molecule has 0 atom stereocenters. The number of nitrogens with one attached hydrogen (secondary N) is 1. The minimum Gasteiger partial charge on any atom is -0.352 e. The number of rotatable bonds is 6. The monoisotopic (exact) mass is 320 g/mol. The third-order valence-corrected chi connectivity index (χ3v) is 4.52. The summed E-state index contributed by atoms with van der Waals surface area (Å²) in [5.74, 6) is -0.0712. The lowest BCUT2D eigenvalue weighted by Crippen LogP contribution is -2.27. The van der Waals surface area contributed by atoms with E-state index in [1.54, 1.807) is 0 Å². The fourth-order valence-corrected chi connectivity index (χ4v) is 3.27. The highest BCUT2D eigenvalue weighted by molar-refractivity contribution is 6.19. The van der Waals surface area contributed by atoms with E-state index in [2.05, 4.69) is 47.1 Å². The molecule has 0 spiro atoms. The fourth-order valence-electron chi connectivity index (χ4n) is 3.27. The van der Waals surface area contributed by atoms with Gasteiger partial charge in [-0.1, -0.05) is 49.0 Å². The lowest BCUT2D eigenvalue weighted by atomic mass is 9.96. The first-order valence-electron chi connectivity index (χ1n) is 8.40. The van der Waals surface area contributed by atoms with Crippen molar-refractivity contribution < 1.29 is 4.79 Å². The van der Waals surface area contributed by atoms with Crippen molar-refractivity contribution in [2.45, 2.75) is 12.8 Å². The van der Waals surface area contributed by atoms with Crippen LogP contribution in [0.4, 0.5) is 0 Å². The number of fused-ring (bicyclic) bond motifs is 3. The van der Waals surface area contributed by atoms with Crippen molar-refractivity contribution in [3.8, 4) is 11.1 Å². The van der Waals surface area contributed by atoms with Crippen LogP contribution in [0.5, 0.6) is 0 Å². The van der Waals surface area contributed by atoms with Crippen LogP contribution in [-0.4, -0.2) is 38.0 Å². The predicted octanol–water partition coefficient (Wildman–Crippen LogP) is 3.34. The van der Waals surface area contributed by atoms with Gasteiger partial charge in [0, 0.05) is 12.1 Å². The summed E-state index contributed by atoms with van der Waals surface area (Å²) in [4.78, 5) is 14.6. The fraction of sp³-hybridized carbons (Fsp3) is 0.286. The zero-order chi connectivity index (χ0) is 17.1. The lowest BCUT2D eigenvalue weighted by molar-refractivity contribution is -0.115. The molecule has 1 aliphatic carbocycles. The zero-order valence-corrected chi connectivity index (χ0v) is 14.4. The molecular formula is C21H24N2O. The maximum Gasteiger partial charge on any atom is 0.251 e. The maximum absolute atomic E-state index is 12.4. The normalized spacial score (nSPS) is 12.0. The van der Waals surface area contributed by atoms with E-state index in [0.717, 1.165) is 24.9 Å². The topological polar surface area (TPSA) is 32.3 Å². The van der Waals surface area contributed by atoms with Crippen LogP contribution in [0.25, 0.3) is 16.7 Å². The number of hydrogen-bond donors (Lipinski definition) is 1. The van der Waals surface area contributed by atoms with Crippen LogP contribution in [0, 0.1) is 0 Å². The van der Waals surface area contributed by atoms with E-state index in [1.165, 1.54) is 22.3 Å². The molecule has 1 aliphatic rings. The van der Waals surface area contributed by atoms with E-state index in [9.17, 15) is 4.79 Å². The van der Waals surface area contributed by atoms with Gasteiger partial charge in [-0.25, -0.2) is 0 Å². The first-order chi connectivity index (χ1) is 11.6. The third kappa shape index (κ3) is 3.26. The molecule has 124 valence electrons. The molecular weight excluding hydrogens is 296 g/mol. The largest absolute Gasteiger partial charge is 0.352 e. The number of hydrogen-bond acceptors (Lipinski definition) is 2. The Morgan fingerprint density at radius 2 is 1.88 bits per heavy atom. The summed E-state index contributed by atoms with van der Waals surface area (Å²) in [5, 5.41) is 2.98. The molecule has 0 fully saturated rings. The van der Waals surface area contributed by atoms with Crippen molar-refractivity contribution in [1.82, 2.24) is 10.2 Å². The molecule has 3 heteroatoms. The minimum absolute atomic E-state index is 0.0712. The average molecular weight is 320 g/mol. The Hall–Kier alpha value is -2.39. The summed E-state index contributed by atoms with van der Waals surface area (Å²) in [6, 6.07) is 14.6. The van der Waals surface area contributed by atoms with E-state index in [1.807, 2.05) is 26.2 Å². The summed E-state index contributed by atoms with van der Waals surface area (Å²) in [5.41, 5.74) is 6.56. The Kier molecular flexibility index (Phi) is 4.81. The predicted molar refractivity (Wildman–Crippen MR) is 99.9 cm³/mol. The summed E-state index contributed by atoms with van der Waals surface area (Å²) in [7, 11) is 4.07. The molecule has 2 aromatic carbocycles. The van der Waals surface area contributed by atoms with Gasteiger partial charge in [0.1, 0.15) is 0 Å². The molecule has 0 heterocycles. The smallest absolute Gasteiger partial charge is 0.251 e. The summed E-state index contributed by atoms with van der Waals surface area (Å²) >= 11 is 0. The van der Waals surface area contributed by atoms with Gasteiger partial charge in [-0.15, -0.1) is 0 Å². The number of carbonyl (C=O) groups excluding carboxylic acids is 1. The van der Waals surface area contributed by atoms with E-state index in [4.69, 9.17) is 0 Å². The van der Waals surface area contributed by atoms with Gasteiger partial charge in [0.15, 0.2) is 0 Å². The highest BCUT2D eigenvalue weighted by Crippen LogP contribution is 2.39. The molecule has 1 N–H and O–H groups in total. The molecule has 24 heavy (non-hydrogen) atoms. The molecule has 0 saturated carbocycles. The molecule has 2 aromatic rings. The Balaban J connectivity index is 1.74. The van der Waals surface area contributed by atoms with Gasteiger partial charge < -0.3 is 10.2 Å². The van der Waals surface area contributed by atoms with Crippen LogP contribution in [0.2, 0.25) is 0 Å². The molecule has 3 nitrogen and oxygen atoms in total. The Labute approximate surface area is 144 Å². The van der Waals surface area contributed by atoms with Crippen LogP contribution >= 0.6 is 0 Å². The molecule has 3 rings (SSSR count). The molecule has 0 bridgehead atoms. The van der Waals surface area contributed by atoms with Gasteiger partial charge in [-0.3, -0.25) is 4.79 Å². The van der Waals surface area contributed by atoms with Gasteiger partial charge >= 0.3 is 0 Å². The SMILES string of the molecule is C=C(C(=O)NCCCN(C)C)c1cccc2c1Cc1ccccc1-2. The van der Waals surface area contributed by atoms with Gasteiger partial charge in [0.05, 0.1) is 0 Å². The number of amides is 1. The minimum atomic E-state index is -0.0712. The first-order valence-corrected chi connectivity index (χ1v) is 8.40. The van der Waals surface area contributed by atoms with Gasteiger partial charge in [-0.05, 0) is 61.3 Å². The van der Waals surface area contributed by atoms with Crippen molar-refractivity contribution in [2.75, 3.05) is 27.2 Å². The Bertz CT molecular complexity index is 777. The number of benzene rings is 2. The second kappa shape index (κ2) is 7.02. The van der Waals surface area contributed by atoms with Crippen molar-refractivity contribution in [3.63, 3.8) is 0 Å². The highest BCUT2D eigenvalue weighted by atomic mass is 16.1. The summed E-state index contributed by atoms with van der Waals surface area (Å²) < 4.78 is 0. The van der Waals surface area contributed by atoms with Crippen molar-refractivity contribution in [2.24, 2.45) is 0 Å². The molecule has 1 amide bonds. The Morgan fingerprint density at radius 3 is 2.67 bits per heavy atom. The number of nitrogens with zero attached hydrogens (tertiary/aromatic N) is 1. The van der Waals surface area contributed by atoms with E-state index >= 15 is 0 Å². The zero-order valence-electron chi connectivity index (χ0n) is 14.4. The van der Waals surface area contributed by atoms with Crippen molar-refractivity contribution >= 4 is 11.5 Å². The van der Waals surface area contributed by atoms with Crippen LogP contribution in [-0.2, 0) is 11.2 Å². The maximum atomic E-state index is 12.4. The first kappa shape index (κ1) is 16.5. The quantitative estimate of drug-likeness (QED) is 0.558. The van der Waals surface area contributed by atoms with E-state index < -0.39 is 0 Å². The molecule has 0 aliphatic heterocycles. The Morgan fingerprint density at radius 1 is 1.12 bits per heavy atom. The van der Waals surface area contributed by atoms with Gasteiger partial charge in [0.2, 0.25) is 0 Å².